The van der Waals surface area contributed by atoms with Crippen molar-refractivity contribution in [2.75, 3.05) is 6.61 Å². The number of ether oxygens (including phenoxy) is 1. The molecule has 0 atom stereocenters. The molecule has 0 N–H and O–H groups in total. The van der Waals surface area contributed by atoms with Gasteiger partial charge in [0.2, 0.25) is 12.4 Å². The Bertz CT molecular complexity index is 456. The van der Waals surface area contributed by atoms with E-state index in [-0.39, 0.29) is 19.1 Å². The molecule has 0 radical (unpaired) electrons. The van der Waals surface area contributed by atoms with E-state index in [1.54, 1.807) is 17.0 Å². The average Bonchev–Trinajstić information content (AvgIpc) is 2.83. The Balaban J connectivity index is 1.71. The SMILES string of the molecule is O=C(C[n+]1ccccc1)OCCc1ncno1. The third-order valence-corrected chi connectivity index (χ3v) is 2.07. The molecule has 0 unspecified atom stereocenters. The third-order valence-electron chi connectivity index (χ3n) is 2.07. The Morgan fingerprint density at radius 2 is 2.18 bits per heavy atom. The van der Waals surface area contributed by atoms with Gasteiger partial charge in [-0.25, -0.2) is 4.79 Å². The minimum absolute atomic E-state index is 0.199. The Morgan fingerprint density at radius 3 is 2.88 bits per heavy atom. The smallest absolute Gasteiger partial charge is 0.372 e. The molecule has 2 aromatic rings. The maximum absolute atomic E-state index is 11.4. The van der Waals surface area contributed by atoms with E-state index in [1.807, 2.05) is 18.2 Å². The van der Waals surface area contributed by atoms with Crippen LogP contribution in [0.5, 0.6) is 0 Å². The summed E-state index contributed by atoms with van der Waals surface area (Å²) in [5.74, 6) is 0.172. The molecule has 6 nitrogen and oxygen atoms in total. The van der Waals surface area contributed by atoms with Gasteiger partial charge in [-0.1, -0.05) is 11.2 Å². The fourth-order valence-electron chi connectivity index (χ4n) is 1.29. The van der Waals surface area contributed by atoms with Gasteiger partial charge < -0.3 is 9.26 Å². The summed E-state index contributed by atoms with van der Waals surface area (Å²) in [6.45, 7) is 0.444. The molecule has 0 saturated heterocycles. The second-order valence-corrected chi connectivity index (χ2v) is 3.35. The average molecular weight is 234 g/mol. The zero-order chi connectivity index (χ0) is 11.9. The fourth-order valence-corrected chi connectivity index (χ4v) is 1.29. The lowest BCUT2D eigenvalue weighted by Gasteiger charge is -2.00. The molecular weight excluding hydrogens is 222 g/mol. The maximum atomic E-state index is 11.4. The van der Waals surface area contributed by atoms with Crippen LogP contribution in [-0.4, -0.2) is 22.7 Å². The minimum atomic E-state index is -0.291. The summed E-state index contributed by atoms with van der Waals surface area (Å²) >= 11 is 0. The van der Waals surface area contributed by atoms with Crippen molar-refractivity contribution in [2.24, 2.45) is 0 Å². The Hall–Kier alpha value is -2.24. The second-order valence-electron chi connectivity index (χ2n) is 3.35. The van der Waals surface area contributed by atoms with Crippen LogP contribution in [0.2, 0.25) is 0 Å². The number of pyridine rings is 1. The van der Waals surface area contributed by atoms with Crippen LogP contribution >= 0.6 is 0 Å². The molecule has 0 bridgehead atoms. The van der Waals surface area contributed by atoms with Gasteiger partial charge >= 0.3 is 5.97 Å². The molecule has 17 heavy (non-hydrogen) atoms. The monoisotopic (exact) mass is 234 g/mol. The first-order valence-corrected chi connectivity index (χ1v) is 5.20. The second kappa shape index (κ2) is 5.74. The molecule has 0 spiro atoms. The van der Waals surface area contributed by atoms with E-state index in [1.165, 1.54) is 6.33 Å². The first-order chi connectivity index (χ1) is 8.34. The van der Waals surface area contributed by atoms with Crippen molar-refractivity contribution in [3.63, 3.8) is 0 Å². The predicted octanol–water partition coefficient (Wildman–Crippen LogP) is 0.143. The number of carbonyl (C=O) groups excluding carboxylic acids is 1. The number of hydrogen-bond acceptors (Lipinski definition) is 5. The molecule has 0 fully saturated rings. The van der Waals surface area contributed by atoms with E-state index in [0.29, 0.717) is 12.3 Å². The maximum Gasteiger partial charge on any atom is 0.372 e. The molecule has 0 aliphatic carbocycles. The van der Waals surface area contributed by atoms with E-state index >= 15 is 0 Å². The summed E-state index contributed by atoms with van der Waals surface area (Å²) in [5, 5.41) is 3.46. The van der Waals surface area contributed by atoms with E-state index in [0.717, 1.165) is 0 Å². The van der Waals surface area contributed by atoms with Crippen molar-refractivity contribution in [3.8, 4) is 0 Å². The highest BCUT2D eigenvalue weighted by Gasteiger charge is 2.10. The molecule has 0 aromatic carbocycles. The molecule has 88 valence electrons. The highest BCUT2D eigenvalue weighted by molar-refractivity contribution is 5.67. The molecule has 6 heteroatoms. The highest BCUT2D eigenvalue weighted by atomic mass is 16.5. The molecule has 0 aliphatic heterocycles. The van der Waals surface area contributed by atoms with Crippen molar-refractivity contribution < 1.29 is 18.6 Å². The van der Waals surface area contributed by atoms with Crippen molar-refractivity contribution in [3.05, 3.63) is 42.8 Å². The number of esters is 1. The Morgan fingerprint density at radius 1 is 1.35 bits per heavy atom. The number of nitrogens with zero attached hydrogens (tertiary/aromatic N) is 3. The van der Waals surface area contributed by atoms with Gasteiger partial charge in [0, 0.05) is 12.1 Å². The Labute approximate surface area is 97.8 Å². The highest BCUT2D eigenvalue weighted by Crippen LogP contribution is 1.93. The number of hydrogen-bond donors (Lipinski definition) is 0. The van der Waals surface area contributed by atoms with Gasteiger partial charge in [0.25, 0.3) is 0 Å². The van der Waals surface area contributed by atoms with Crippen molar-refractivity contribution in [1.82, 2.24) is 10.1 Å². The van der Waals surface area contributed by atoms with Gasteiger partial charge in [-0.2, -0.15) is 9.55 Å². The number of aromatic nitrogens is 3. The largest absolute Gasteiger partial charge is 0.460 e. The standard InChI is InChI=1S/C11H12N3O3/c15-11(8-14-5-2-1-3-6-14)16-7-4-10-12-9-13-17-10/h1-3,5-6,9H,4,7-8H2/q+1. The molecule has 0 amide bonds. The van der Waals surface area contributed by atoms with Gasteiger partial charge in [0.05, 0.1) is 6.42 Å². The predicted molar refractivity (Wildman–Crippen MR) is 55.6 cm³/mol. The first-order valence-electron chi connectivity index (χ1n) is 5.20. The lowest BCUT2D eigenvalue weighted by molar-refractivity contribution is -0.686. The summed E-state index contributed by atoms with van der Waals surface area (Å²) in [6.07, 6.45) is 5.36. The molecular formula is C11H12N3O3+. The van der Waals surface area contributed by atoms with Crippen LogP contribution in [0, 0.1) is 0 Å². The van der Waals surface area contributed by atoms with Gasteiger partial charge in [-0.15, -0.1) is 0 Å². The van der Waals surface area contributed by atoms with Crippen LogP contribution in [0.4, 0.5) is 0 Å². The number of rotatable bonds is 5. The van der Waals surface area contributed by atoms with Crippen LogP contribution in [0.25, 0.3) is 0 Å². The van der Waals surface area contributed by atoms with Gasteiger partial charge in [0.15, 0.2) is 18.7 Å². The van der Waals surface area contributed by atoms with Crippen molar-refractivity contribution >= 4 is 5.97 Å². The van der Waals surface area contributed by atoms with Crippen LogP contribution in [0.3, 0.4) is 0 Å². The molecule has 2 aromatic heterocycles. The number of carbonyl (C=O) groups is 1. The van der Waals surface area contributed by atoms with Crippen molar-refractivity contribution in [1.29, 1.82) is 0 Å². The van der Waals surface area contributed by atoms with E-state index in [9.17, 15) is 4.79 Å². The Kier molecular flexibility index (Phi) is 3.80. The van der Waals surface area contributed by atoms with E-state index in [4.69, 9.17) is 9.26 Å². The summed E-state index contributed by atoms with van der Waals surface area (Å²) in [5.41, 5.74) is 0. The fraction of sp³-hybridized carbons (Fsp3) is 0.273. The normalized spacial score (nSPS) is 10.1. The van der Waals surface area contributed by atoms with Gasteiger partial charge in [0.1, 0.15) is 6.61 Å². The lowest BCUT2D eigenvalue weighted by Crippen LogP contribution is -2.37. The molecule has 0 aliphatic rings. The molecule has 0 saturated carbocycles. The van der Waals surface area contributed by atoms with Crippen LogP contribution in [0.15, 0.2) is 41.4 Å². The minimum Gasteiger partial charge on any atom is -0.460 e. The van der Waals surface area contributed by atoms with Crippen LogP contribution < -0.4 is 4.57 Å². The van der Waals surface area contributed by atoms with E-state index in [2.05, 4.69) is 10.1 Å². The third kappa shape index (κ3) is 3.67. The summed E-state index contributed by atoms with van der Waals surface area (Å²) in [6, 6.07) is 5.59. The zero-order valence-corrected chi connectivity index (χ0v) is 9.15. The summed E-state index contributed by atoms with van der Waals surface area (Å²) in [4.78, 5) is 15.3. The summed E-state index contributed by atoms with van der Waals surface area (Å²) in [7, 11) is 0. The summed E-state index contributed by atoms with van der Waals surface area (Å²) < 4.78 is 11.6. The van der Waals surface area contributed by atoms with Gasteiger partial charge in [-0.05, 0) is 0 Å². The topological polar surface area (TPSA) is 69.1 Å². The van der Waals surface area contributed by atoms with Crippen LogP contribution in [-0.2, 0) is 22.5 Å². The molecule has 2 rings (SSSR count). The quantitative estimate of drug-likeness (QED) is 0.544. The van der Waals surface area contributed by atoms with Gasteiger partial charge in [-0.3, -0.25) is 0 Å². The first kappa shape index (κ1) is 11.3. The van der Waals surface area contributed by atoms with Crippen molar-refractivity contribution in [2.45, 2.75) is 13.0 Å². The molecule has 2 heterocycles. The van der Waals surface area contributed by atoms with E-state index < -0.39 is 0 Å². The lowest BCUT2D eigenvalue weighted by atomic mass is 10.4. The zero-order valence-electron chi connectivity index (χ0n) is 9.15. The van der Waals surface area contributed by atoms with Crippen LogP contribution in [0.1, 0.15) is 5.89 Å².